The number of methoxy groups -OCH3 is 1. The smallest absolute Gasteiger partial charge is 0.337 e. The topological polar surface area (TPSA) is 80.3 Å². The van der Waals surface area contributed by atoms with Gasteiger partial charge < -0.3 is 15.4 Å². The van der Waals surface area contributed by atoms with Crippen molar-refractivity contribution in [2.45, 2.75) is 6.92 Å². The second-order valence-corrected chi connectivity index (χ2v) is 6.42. The van der Waals surface area contributed by atoms with Crippen LogP contribution in [0.1, 0.15) is 26.3 Å². The number of anilines is 3. The zero-order chi connectivity index (χ0) is 20.1. The van der Waals surface area contributed by atoms with Crippen molar-refractivity contribution in [3.05, 3.63) is 82.5 Å². The van der Waals surface area contributed by atoms with Crippen molar-refractivity contribution in [3.8, 4) is 0 Å². The monoisotopic (exact) mass is 395 g/mol. The number of benzene rings is 2. The number of carbonyl (C=O) groups excluding carboxylic acids is 2. The predicted molar refractivity (Wildman–Crippen MR) is 109 cm³/mol. The third-order valence-corrected chi connectivity index (χ3v) is 4.40. The Kier molecular flexibility index (Phi) is 5.91. The van der Waals surface area contributed by atoms with E-state index in [1.807, 2.05) is 31.2 Å². The molecule has 0 aliphatic carbocycles. The Morgan fingerprint density at radius 2 is 1.79 bits per heavy atom. The number of amides is 1. The minimum atomic E-state index is -0.473. The third-order valence-electron chi connectivity index (χ3n) is 4.07. The first-order valence-corrected chi connectivity index (χ1v) is 8.83. The van der Waals surface area contributed by atoms with Crippen LogP contribution in [-0.2, 0) is 4.74 Å². The molecule has 2 N–H and O–H groups in total. The van der Waals surface area contributed by atoms with Gasteiger partial charge in [0.15, 0.2) is 0 Å². The van der Waals surface area contributed by atoms with Crippen LogP contribution in [0.4, 0.5) is 17.2 Å². The van der Waals surface area contributed by atoms with Crippen molar-refractivity contribution < 1.29 is 14.3 Å². The number of esters is 1. The molecule has 3 aromatic rings. The molecule has 0 bridgehead atoms. The molecular weight excluding hydrogens is 378 g/mol. The predicted octanol–water partition coefficient (Wildman–Crippen LogP) is 4.83. The summed E-state index contributed by atoms with van der Waals surface area (Å²) in [6.45, 7) is 1.92. The van der Waals surface area contributed by atoms with E-state index in [9.17, 15) is 9.59 Å². The number of rotatable bonds is 5. The van der Waals surface area contributed by atoms with Crippen LogP contribution < -0.4 is 10.6 Å². The van der Waals surface area contributed by atoms with E-state index in [1.54, 1.807) is 30.3 Å². The summed E-state index contributed by atoms with van der Waals surface area (Å²) in [7, 11) is 1.31. The van der Waals surface area contributed by atoms with Crippen LogP contribution in [0, 0.1) is 6.92 Å². The van der Waals surface area contributed by atoms with Gasteiger partial charge in [-0.25, -0.2) is 9.78 Å². The van der Waals surface area contributed by atoms with Crippen LogP contribution in [0.25, 0.3) is 0 Å². The van der Waals surface area contributed by atoms with E-state index in [1.165, 1.54) is 13.3 Å². The largest absolute Gasteiger partial charge is 0.465 e. The first-order chi connectivity index (χ1) is 13.5. The maximum atomic E-state index is 12.6. The van der Waals surface area contributed by atoms with Gasteiger partial charge >= 0.3 is 5.97 Å². The van der Waals surface area contributed by atoms with E-state index in [2.05, 4.69) is 15.6 Å². The molecule has 6 nitrogen and oxygen atoms in total. The molecule has 0 spiro atoms. The quantitative estimate of drug-likeness (QED) is 0.605. The van der Waals surface area contributed by atoms with Crippen LogP contribution in [-0.4, -0.2) is 24.0 Å². The molecule has 0 aliphatic heterocycles. The van der Waals surface area contributed by atoms with Gasteiger partial charge in [-0.1, -0.05) is 29.8 Å². The molecule has 0 atom stereocenters. The number of ether oxygens (including phenoxy) is 1. The van der Waals surface area contributed by atoms with Crippen molar-refractivity contribution in [1.82, 2.24) is 4.98 Å². The summed E-state index contributed by atoms with van der Waals surface area (Å²) in [5.74, 6) is -0.311. The second-order valence-electron chi connectivity index (χ2n) is 6.01. The lowest BCUT2D eigenvalue weighted by molar-refractivity contribution is 0.0600. The molecule has 0 aliphatic rings. The Bertz CT molecular complexity index is 1040. The summed E-state index contributed by atoms with van der Waals surface area (Å²) < 4.78 is 4.72. The molecule has 1 amide bonds. The van der Waals surface area contributed by atoms with Gasteiger partial charge in [-0.3, -0.25) is 4.79 Å². The lowest BCUT2D eigenvalue weighted by atomic mass is 10.1. The highest BCUT2D eigenvalue weighted by atomic mass is 35.5. The van der Waals surface area contributed by atoms with Crippen molar-refractivity contribution >= 4 is 40.7 Å². The lowest BCUT2D eigenvalue weighted by Crippen LogP contribution is -2.13. The number of aryl methyl sites for hydroxylation is 1. The number of hydrogen-bond acceptors (Lipinski definition) is 5. The molecule has 0 radical (unpaired) electrons. The summed E-state index contributed by atoms with van der Waals surface area (Å²) >= 11 is 6.20. The first kappa shape index (κ1) is 19.4. The van der Waals surface area contributed by atoms with Crippen molar-refractivity contribution in [3.63, 3.8) is 0 Å². The number of nitrogens with one attached hydrogen (secondary N) is 2. The standard InChI is InChI=1S/C21H18ClN3O3/c1-13-5-3-4-6-17(13)25-20(26)14-9-10-23-19(12-14)24-18-11-15(21(27)28-2)7-8-16(18)22/h3-12H,1-2H3,(H,23,24)(H,25,26). The zero-order valence-electron chi connectivity index (χ0n) is 15.3. The number of aromatic nitrogens is 1. The summed E-state index contributed by atoms with van der Waals surface area (Å²) in [6.07, 6.45) is 1.52. The van der Waals surface area contributed by atoms with Gasteiger partial charge in [-0.2, -0.15) is 0 Å². The average molecular weight is 396 g/mol. The first-order valence-electron chi connectivity index (χ1n) is 8.46. The number of para-hydroxylation sites is 1. The van der Waals surface area contributed by atoms with Crippen molar-refractivity contribution in [2.24, 2.45) is 0 Å². The Hall–Kier alpha value is -3.38. The van der Waals surface area contributed by atoms with E-state index in [0.717, 1.165) is 11.3 Å². The Morgan fingerprint density at radius 3 is 2.54 bits per heavy atom. The van der Waals surface area contributed by atoms with Gasteiger partial charge in [0, 0.05) is 17.4 Å². The van der Waals surface area contributed by atoms with Gasteiger partial charge in [0.25, 0.3) is 5.91 Å². The number of halogens is 1. The summed E-state index contributed by atoms with van der Waals surface area (Å²) in [4.78, 5) is 28.5. The molecule has 1 heterocycles. The van der Waals surface area contributed by atoms with Crippen LogP contribution >= 0.6 is 11.6 Å². The highest BCUT2D eigenvalue weighted by Gasteiger charge is 2.12. The maximum Gasteiger partial charge on any atom is 0.337 e. The summed E-state index contributed by atoms with van der Waals surface area (Å²) in [5.41, 5.74) is 2.97. The molecule has 0 saturated heterocycles. The van der Waals surface area contributed by atoms with Crippen LogP contribution in [0.5, 0.6) is 0 Å². The number of carbonyl (C=O) groups is 2. The fraction of sp³-hybridized carbons (Fsp3) is 0.0952. The summed E-state index contributed by atoms with van der Waals surface area (Å²) in [6, 6.07) is 15.5. The second kappa shape index (κ2) is 8.54. The molecule has 3 rings (SSSR count). The van der Waals surface area contributed by atoms with Crippen LogP contribution in [0.2, 0.25) is 5.02 Å². The summed E-state index contributed by atoms with van der Waals surface area (Å²) in [5, 5.41) is 6.32. The zero-order valence-corrected chi connectivity index (χ0v) is 16.1. The van der Waals surface area contributed by atoms with Crippen LogP contribution in [0.15, 0.2) is 60.8 Å². The molecule has 0 fully saturated rings. The van der Waals surface area contributed by atoms with E-state index in [-0.39, 0.29) is 5.91 Å². The molecule has 7 heteroatoms. The maximum absolute atomic E-state index is 12.6. The third kappa shape index (κ3) is 4.47. The molecule has 2 aromatic carbocycles. The minimum Gasteiger partial charge on any atom is -0.465 e. The number of pyridine rings is 1. The molecule has 0 unspecified atom stereocenters. The molecule has 28 heavy (non-hydrogen) atoms. The average Bonchev–Trinajstić information content (AvgIpc) is 2.71. The molecule has 0 saturated carbocycles. The number of nitrogens with zero attached hydrogens (tertiary/aromatic N) is 1. The van der Waals surface area contributed by atoms with Crippen molar-refractivity contribution in [2.75, 3.05) is 17.7 Å². The molecular formula is C21H18ClN3O3. The Labute approximate surface area is 167 Å². The van der Waals surface area contributed by atoms with E-state index in [4.69, 9.17) is 16.3 Å². The van der Waals surface area contributed by atoms with Gasteiger partial charge in [-0.05, 0) is 48.9 Å². The lowest BCUT2D eigenvalue weighted by Gasteiger charge is -2.11. The van der Waals surface area contributed by atoms with Gasteiger partial charge in [0.2, 0.25) is 0 Å². The fourth-order valence-corrected chi connectivity index (χ4v) is 2.72. The van der Waals surface area contributed by atoms with Crippen molar-refractivity contribution in [1.29, 1.82) is 0 Å². The normalized spacial score (nSPS) is 10.2. The van der Waals surface area contributed by atoms with E-state index >= 15 is 0 Å². The fourth-order valence-electron chi connectivity index (χ4n) is 2.55. The van der Waals surface area contributed by atoms with Crippen LogP contribution in [0.3, 0.4) is 0 Å². The van der Waals surface area contributed by atoms with E-state index in [0.29, 0.717) is 27.7 Å². The van der Waals surface area contributed by atoms with E-state index < -0.39 is 5.97 Å². The van der Waals surface area contributed by atoms with Gasteiger partial charge in [-0.15, -0.1) is 0 Å². The Balaban J connectivity index is 1.81. The van der Waals surface area contributed by atoms with Gasteiger partial charge in [0.05, 0.1) is 23.4 Å². The Morgan fingerprint density at radius 1 is 1.00 bits per heavy atom. The molecule has 1 aromatic heterocycles. The molecule has 142 valence electrons. The number of hydrogen-bond donors (Lipinski definition) is 2. The minimum absolute atomic E-state index is 0.255. The highest BCUT2D eigenvalue weighted by molar-refractivity contribution is 6.33. The highest BCUT2D eigenvalue weighted by Crippen LogP contribution is 2.26. The van der Waals surface area contributed by atoms with Gasteiger partial charge in [0.1, 0.15) is 5.82 Å². The SMILES string of the molecule is COC(=O)c1ccc(Cl)c(Nc2cc(C(=O)Nc3ccccc3C)ccn2)c1.